The number of aliphatic hydroxyl groups is 6. The molecule has 10 nitrogen and oxygen atoms in total. The van der Waals surface area contributed by atoms with Crippen LogP contribution in [0.1, 0.15) is 19.8 Å². The van der Waals surface area contributed by atoms with Crippen LogP contribution in [-0.4, -0.2) is 91.7 Å². The summed E-state index contributed by atoms with van der Waals surface area (Å²) in [6, 6.07) is 0. The Labute approximate surface area is 149 Å². The highest BCUT2D eigenvalue weighted by Crippen LogP contribution is 2.51. The summed E-state index contributed by atoms with van der Waals surface area (Å²) in [6.45, 7) is 0.840. The quantitative estimate of drug-likeness (QED) is 0.281. The number of carbonyl (C=O) groups excluding carboxylic acids is 1. The second-order valence-corrected chi connectivity index (χ2v) is 7.29. The molecule has 26 heavy (non-hydrogen) atoms. The maximum atomic E-state index is 11.2. The smallest absolute Gasteiger partial charge is 0.210 e. The van der Waals surface area contributed by atoms with Gasteiger partial charge in [-0.15, -0.1) is 0 Å². The van der Waals surface area contributed by atoms with E-state index in [-0.39, 0.29) is 18.4 Å². The lowest BCUT2D eigenvalue weighted by molar-refractivity contribution is -0.351. The molecule has 6 N–H and O–H groups in total. The van der Waals surface area contributed by atoms with E-state index in [4.69, 9.17) is 14.2 Å². The summed E-state index contributed by atoms with van der Waals surface area (Å²) in [5, 5.41) is 60.5. The van der Waals surface area contributed by atoms with Crippen molar-refractivity contribution < 1.29 is 49.6 Å². The van der Waals surface area contributed by atoms with E-state index in [2.05, 4.69) is 0 Å². The molecule has 1 unspecified atom stereocenters. The third kappa shape index (κ3) is 2.96. The fourth-order valence-electron chi connectivity index (χ4n) is 3.98. The van der Waals surface area contributed by atoms with Crippen molar-refractivity contribution in [2.75, 3.05) is 6.61 Å². The molecule has 9 atom stereocenters. The van der Waals surface area contributed by atoms with Crippen LogP contribution in [0.4, 0.5) is 0 Å². The van der Waals surface area contributed by atoms with Crippen LogP contribution in [0.3, 0.4) is 0 Å². The van der Waals surface area contributed by atoms with Crippen molar-refractivity contribution in [1.82, 2.24) is 0 Å². The third-order valence-corrected chi connectivity index (χ3v) is 5.54. The minimum absolute atomic E-state index is 0.0334. The topological polar surface area (TPSA) is 166 Å². The average Bonchev–Trinajstić information content (AvgIpc) is 2.86. The Bertz CT molecular complexity index is 575. The molecule has 148 valence electrons. The molecule has 0 radical (unpaired) electrons. The average molecular weight is 376 g/mol. The van der Waals surface area contributed by atoms with Gasteiger partial charge in [0.1, 0.15) is 30.0 Å². The lowest BCUT2D eigenvalue weighted by atomic mass is 9.78. The monoisotopic (exact) mass is 376 g/mol. The highest BCUT2D eigenvalue weighted by atomic mass is 16.8. The van der Waals surface area contributed by atoms with Gasteiger partial charge in [0.05, 0.1) is 30.0 Å². The molecule has 3 rings (SSSR count). The highest BCUT2D eigenvalue weighted by molar-refractivity contribution is 5.76. The number of hydrogen-bond acceptors (Lipinski definition) is 10. The molecule has 0 aromatic rings. The van der Waals surface area contributed by atoms with Crippen molar-refractivity contribution >= 4 is 6.29 Å². The van der Waals surface area contributed by atoms with Crippen LogP contribution in [0.2, 0.25) is 0 Å². The number of hydrogen-bond donors (Lipinski definition) is 6. The number of rotatable bonds is 4. The molecule has 3 aliphatic rings. The first-order valence-corrected chi connectivity index (χ1v) is 8.37. The van der Waals surface area contributed by atoms with Gasteiger partial charge in [-0.05, 0) is 19.8 Å². The normalized spacial score (nSPS) is 51.3. The van der Waals surface area contributed by atoms with Gasteiger partial charge in [0, 0.05) is 0 Å². The van der Waals surface area contributed by atoms with Crippen LogP contribution in [0.15, 0.2) is 11.8 Å². The van der Waals surface area contributed by atoms with E-state index in [1.807, 2.05) is 0 Å². The Kier molecular flexibility index (Phi) is 5.14. The Balaban J connectivity index is 1.85. The van der Waals surface area contributed by atoms with Crippen LogP contribution in [0, 0.1) is 5.92 Å². The number of aldehydes is 1. The molecule has 2 heterocycles. The van der Waals surface area contributed by atoms with Gasteiger partial charge < -0.3 is 44.8 Å². The number of aliphatic hydroxyl groups excluding tert-OH is 4. The van der Waals surface area contributed by atoms with Crippen LogP contribution in [0.5, 0.6) is 0 Å². The van der Waals surface area contributed by atoms with Gasteiger partial charge in [0.15, 0.2) is 12.6 Å². The van der Waals surface area contributed by atoms with E-state index in [0.717, 1.165) is 6.26 Å². The Morgan fingerprint density at radius 2 is 1.88 bits per heavy atom. The van der Waals surface area contributed by atoms with Crippen LogP contribution in [0.25, 0.3) is 0 Å². The molecule has 1 saturated heterocycles. The molecule has 0 aromatic carbocycles. The summed E-state index contributed by atoms with van der Waals surface area (Å²) in [5.74, 6) is -1.06. The van der Waals surface area contributed by atoms with Gasteiger partial charge in [0.2, 0.25) is 6.29 Å². The molecule has 0 amide bonds. The molecule has 0 spiro atoms. The zero-order valence-corrected chi connectivity index (χ0v) is 14.1. The van der Waals surface area contributed by atoms with E-state index in [1.165, 1.54) is 6.92 Å². The Morgan fingerprint density at radius 3 is 2.50 bits per heavy atom. The number of fused-ring (bicyclic) bond motifs is 1. The first-order valence-electron chi connectivity index (χ1n) is 8.37. The van der Waals surface area contributed by atoms with Crippen molar-refractivity contribution in [3.8, 4) is 0 Å². The second-order valence-electron chi connectivity index (χ2n) is 7.29. The fraction of sp³-hybridized carbons (Fsp3) is 0.812. The summed E-state index contributed by atoms with van der Waals surface area (Å²) >= 11 is 0. The summed E-state index contributed by atoms with van der Waals surface area (Å²) in [4.78, 5) is 11.2. The zero-order valence-electron chi connectivity index (χ0n) is 14.1. The summed E-state index contributed by atoms with van der Waals surface area (Å²) in [6.07, 6.45) is -7.07. The maximum Gasteiger partial charge on any atom is 0.210 e. The lowest BCUT2D eigenvalue weighted by Crippen LogP contribution is -2.62. The van der Waals surface area contributed by atoms with Crippen LogP contribution >= 0.6 is 0 Å². The van der Waals surface area contributed by atoms with Gasteiger partial charge in [-0.25, -0.2) is 0 Å². The summed E-state index contributed by atoms with van der Waals surface area (Å²) < 4.78 is 16.2. The standard InChI is InChI=1S/C16H24O10/c1-15(22)2-3-16(23)7(4-17)6-24-14(12(15)16)26-13-11(21)10(20)9(19)8(5-18)25-13/h4,6,8-14,18-23H,2-3,5H2,1H3/t8-,9-,10+,11+,12-,13?,14+,15+,16+/m1/s1. The van der Waals surface area contributed by atoms with Gasteiger partial charge in [-0.1, -0.05) is 0 Å². The molecule has 10 heteroatoms. The SMILES string of the molecule is C[C@]1(O)CC[C@]2(O)C(C=O)=CO[C@@H](OC3O[C@H](CO)[C@@H](O)[C@H](O)[C@@H]3O)[C@H]12. The van der Waals surface area contributed by atoms with Gasteiger partial charge >= 0.3 is 0 Å². The second kappa shape index (κ2) is 6.80. The largest absolute Gasteiger partial charge is 0.471 e. The Morgan fingerprint density at radius 1 is 1.19 bits per heavy atom. The minimum Gasteiger partial charge on any atom is -0.471 e. The summed E-state index contributed by atoms with van der Waals surface area (Å²) in [7, 11) is 0. The third-order valence-electron chi connectivity index (χ3n) is 5.54. The highest BCUT2D eigenvalue weighted by Gasteiger charge is 2.62. The first-order chi connectivity index (χ1) is 12.2. The van der Waals surface area contributed by atoms with E-state index in [9.17, 15) is 35.4 Å². The van der Waals surface area contributed by atoms with E-state index >= 15 is 0 Å². The molecule has 2 aliphatic heterocycles. The van der Waals surface area contributed by atoms with E-state index in [1.54, 1.807) is 0 Å². The summed E-state index contributed by atoms with van der Waals surface area (Å²) in [5.41, 5.74) is -3.15. The molecule has 0 bridgehead atoms. The molecular weight excluding hydrogens is 352 g/mol. The first kappa shape index (κ1) is 19.6. The van der Waals surface area contributed by atoms with Crippen molar-refractivity contribution in [3.05, 3.63) is 11.8 Å². The van der Waals surface area contributed by atoms with Gasteiger partial charge in [0.25, 0.3) is 0 Å². The number of carbonyl (C=O) groups is 1. The van der Waals surface area contributed by atoms with Crippen molar-refractivity contribution in [2.24, 2.45) is 5.92 Å². The van der Waals surface area contributed by atoms with Crippen molar-refractivity contribution in [1.29, 1.82) is 0 Å². The Hall–Kier alpha value is -1.11. The van der Waals surface area contributed by atoms with Crippen LogP contribution < -0.4 is 0 Å². The molecule has 1 aliphatic carbocycles. The predicted octanol–water partition coefficient (Wildman–Crippen LogP) is -2.87. The van der Waals surface area contributed by atoms with Gasteiger partial charge in [-0.2, -0.15) is 0 Å². The van der Waals surface area contributed by atoms with E-state index < -0.39 is 60.7 Å². The van der Waals surface area contributed by atoms with Crippen molar-refractivity contribution in [3.63, 3.8) is 0 Å². The zero-order chi connectivity index (χ0) is 19.3. The minimum atomic E-state index is -1.68. The molecule has 2 fully saturated rings. The van der Waals surface area contributed by atoms with Crippen LogP contribution in [-0.2, 0) is 19.0 Å². The number of ether oxygens (including phenoxy) is 3. The lowest BCUT2D eigenvalue weighted by Gasteiger charge is -2.46. The fourth-order valence-corrected chi connectivity index (χ4v) is 3.98. The molecule has 0 aromatic heterocycles. The van der Waals surface area contributed by atoms with Gasteiger partial charge in [-0.3, -0.25) is 4.79 Å². The maximum absolute atomic E-state index is 11.2. The van der Waals surface area contributed by atoms with E-state index in [0.29, 0.717) is 6.29 Å². The predicted molar refractivity (Wildman–Crippen MR) is 82.2 cm³/mol. The molecular formula is C16H24O10. The van der Waals surface area contributed by atoms with Crippen molar-refractivity contribution in [2.45, 2.75) is 68.0 Å². The molecule has 1 saturated carbocycles.